The first kappa shape index (κ1) is 24.0. The standard InChI is InChI=1S/C22H30N4O5S/c1-25-7-9-26(10-8-25)14-18-4-6-23-20(12-18)2-3-21(27)13-24-22(28)17-32(29,30)16-19-5-11-31-15-19/h3-6,11-12,15,27H,2,7-10,13-14,16-17H2,1H3,(H,24,28). The summed E-state index contributed by atoms with van der Waals surface area (Å²) in [5.41, 5.74) is 2.48. The second-order valence-corrected chi connectivity index (χ2v) is 10.1. The third-order valence-electron chi connectivity index (χ3n) is 5.21. The number of allylic oxidation sites excluding steroid dienone is 1. The predicted molar refractivity (Wildman–Crippen MR) is 121 cm³/mol. The molecule has 3 heterocycles. The molecule has 2 N–H and O–H groups in total. The van der Waals surface area contributed by atoms with Crippen LogP contribution in [0.2, 0.25) is 0 Å². The molecule has 10 heteroatoms. The van der Waals surface area contributed by atoms with E-state index in [0.717, 1.165) is 38.4 Å². The number of nitrogens with one attached hydrogen (secondary N) is 1. The van der Waals surface area contributed by atoms with Gasteiger partial charge in [-0.15, -0.1) is 0 Å². The number of rotatable bonds is 10. The van der Waals surface area contributed by atoms with Gasteiger partial charge in [-0.3, -0.25) is 14.7 Å². The van der Waals surface area contributed by atoms with Gasteiger partial charge in [-0.2, -0.15) is 0 Å². The zero-order chi connectivity index (χ0) is 23.0. The van der Waals surface area contributed by atoms with E-state index < -0.39 is 21.5 Å². The Kier molecular flexibility index (Phi) is 8.43. The van der Waals surface area contributed by atoms with Gasteiger partial charge in [-0.05, 0) is 36.9 Å². The highest BCUT2D eigenvalue weighted by Gasteiger charge is 2.18. The second-order valence-electron chi connectivity index (χ2n) is 8.08. The Bertz CT molecular complexity index is 1010. The van der Waals surface area contributed by atoms with Crippen molar-refractivity contribution >= 4 is 15.7 Å². The van der Waals surface area contributed by atoms with Gasteiger partial charge < -0.3 is 19.7 Å². The number of hydrogen-bond acceptors (Lipinski definition) is 8. The van der Waals surface area contributed by atoms with Crippen molar-refractivity contribution in [2.24, 2.45) is 0 Å². The number of likely N-dealkylation sites (N-methyl/N-ethyl adjacent to an activating group) is 1. The minimum absolute atomic E-state index is 0.0446. The molecule has 0 saturated carbocycles. The molecular formula is C22H30N4O5S. The lowest BCUT2D eigenvalue weighted by atomic mass is 10.1. The van der Waals surface area contributed by atoms with Crippen molar-refractivity contribution in [3.8, 4) is 0 Å². The molecule has 1 saturated heterocycles. The summed E-state index contributed by atoms with van der Waals surface area (Å²) >= 11 is 0. The van der Waals surface area contributed by atoms with Crippen LogP contribution in [0.15, 0.2) is 53.2 Å². The van der Waals surface area contributed by atoms with Gasteiger partial charge in [0.05, 0.1) is 24.8 Å². The number of amides is 1. The summed E-state index contributed by atoms with van der Waals surface area (Å²) in [7, 11) is -1.49. The molecule has 0 unspecified atom stereocenters. The van der Waals surface area contributed by atoms with Crippen molar-refractivity contribution in [1.29, 1.82) is 0 Å². The van der Waals surface area contributed by atoms with Gasteiger partial charge in [0.25, 0.3) is 0 Å². The third-order valence-corrected chi connectivity index (χ3v) is 6.69. The second kappa shape index (κ2) is 11.3. The van der Waals surface area contributed by atoms with Crippen molar-refractivity contribution in [2.75, 3.05) is 45.5 Å². The van der Waals surface area contributed by atoms with E-state index in [0.29, 0.717) is 12.0 Å². The Balaban J connectivity index is 1.43. The summed E-state index contributed by atoms with van der Waals surface area (Å²) in [6, 6.07) is 5.55. The number of piperazine rings is 1. The van der Waals surface area contributed by atoms with E-state index in [1.54, 1.807) is 12.3 Å². The summed E-state index contributed by atoms with van der Waals surface area (Å²) < 4.78 is 29.0. The van der Waals surface area contributed by atoms with Crippen molar-refractivity contribution in [3.05, 3.63) is 65.6 Å². The molecule has 2 aromatic rings. The number of furan rings is 1. The van der Waals surface area contributed by atoms with Gasteiger partial charge in [0, 0.05) is 56.6 Å². The molecule has 1 fully saturated rings. The lowest BCUT2D eigenvalue weighted by molar-refractivity contribution is -0.118. The Morgan fingerprint density at radius 2 is 2.03 bits per heavy atom. The van der Waals surface area contributed by atoms with Gasteiger partial charge >= 0.3 is 0 Å². The van der Waals surface area contributed by atoms with Crippen LogP contribution in [0.5, 0.6) is 0 Å². The van der Waals surface area contributed by atoms with Crippen LogP contribution in [0, 0.1) is 0 Å². The van der Waals surface area contributed by atoms with Gasteiger partial charge in [-0.25, -0.2) is 8.42 Å². The molecule has 2 aromatic heterocycles. The molecule has 3 rings (SSSR count). The van der Waals surface area contributed by atoms with Crippen molar-refractivity contribution in [3.63, 3.8) is 0 Å². The van der Waals surface area contributed by atoms with E-state index in [4.69, 9.17) is 4.42 Å². The van der Waals surface area contributed by atoms with Crippen LogP contribution in [-0.4, -0.2) is 79.7 Å². The Labute approximate surface area is 188 Å². The van der Waals surface area contributed by atoms with Crippen LogP contribution in [0.4, 0.5) is 0 Å². The number of aliphatic hydroxyl groups excluding tert-OH is 1. The van der Waals surface area contributed by atoms with Crippen LogP contribution < -0.4 is 5.32 Å². The maximum absolute atomic E-state index is 12.1. The summed E-state index contributed by atoms with van der Waals surface area (Å²) in [4.78, 5) is 21.0. The molecule has 0 atom stereocenters. The maximum Gasteiger partial charge on any atom is 0.235 e. The monoisotopic (exact) mass is 462 g/mol. The molecule has 0 radical (unpaired) electrons. The average molecular weight is 463 g/mol. The topological polar surface area (TPSA) is 116 Å². The normalized spacial score (nSPS) is 16.2. The van der Waals surface area contributed by atoms with E-state index in [-0.39, 0.29) is 18.1 Å². The smallest absolute Gasteiger partial charge is 0.235 e. The van der Waals surface area contributed by atoms with Gasteiger partial charge in [0.15, 0.2) is 9.84 Å². The molecule has 0 aromatic carbocycles. The number of carbonyl (C=O) groups excluding carboxylic acids is 1. The molecular weight excluding hydrogens is 432 g/mol. The highest BCUT2D eigenvalue weighted by atomic mass is 32.2. The Morgan fingerprint density at radius 1 is 1.25 bits per heavy atom. The number of aromatic nitrogens is 1. The van der Waals surface area contributed by atoms with E-state index in [9.17, 15) is 18.3 Å². The van der Waals surface area contributed by atoms with E-state index >= 15 is 0 Å². The van der Waals surface area contributed by atoms with E-state index in [1.807, 2.05) is 12.1 Å². The number of nitrogens with zero attached hydrogens (tertiary/aromatic N) is 3. The fraction of sp³-hybridized carbons (Fsp3) is 0.455. The molecule has 1 amide bonds. The first-order valence-corrected chi connectivity index (χ1v) is 12.3. The fourth-order valence-electron chi connectivity index (χ4n) is 3.42. The number of hydrogen-bond donors (Lipinski definition) is 2. The Morgan fingerprint density at radius 3 is 2.75 bits per heavy atom. The van der Waals surface area contributed by atoms with Crippen molar-refractivity contribution < 1.29 is 22.7 Å². The molecule has 0 aliphatic carbocycles. The summed E-state index contributed by atoms with van der Waals surface area (Å²) in [6.07, 6.45) is 6.46. The average Bonchev–Trinajstić information content (AvgIpc) is 3.24. The van der Waals surface area contributed by atoms with Gasteiger partial charge in [-0.1, -0.05) is 0 Å². The largest absolute Gasteiger partial charge is 0.511 e. The molecule has 0 spiro atoms. The Hall–Kier alpha value is -2.69. The number of aliphatic hydroxyl groups is 1. The minimum atomic E-state index is -3.62. The first-order valence-electron chi connectivity index (χ1n) is 10.5. The van der Waals surface area contributed by atoms with E-state index in [2.05, 4.69) is 27.1 Å². The summed E-state index contributed by atoms with van der Waals surface area (Å²) in [6.45, 7) is 4.91. The lowest BCUT2D eigenvalue weighted by Crippen LogP contribution is -2.43. The highest BCUT2D eigenvalue weighted by Crippen LogP contribution is 2.10. The van der Waals surface area contributed by atoms with Crippen LogP contribution in [0.3, 0.4) is 0 Å². The quantitative estimate of drug-likeness (QED) is 0.505. The van der Waals surface area contributed by atoms with Crippen LogP contribution in [-0.2, 0) is 33.4 Å². The molecule has 1 aliphatic rings. The number of pyridine rings is 1. The van der Waals surface area contributed by atoms with E-state index in [1.165, 1.54) is 24.2 Å². The van der Waals surface area contributed by atoms with Crippen molar-refractivity contribution in [2.45, 2.75) is 18.7 Å². The van der Waals surface area contributed by atoms with Gasteiger partial charge in [0.2, 0.25) is 5.91 Å². The molecule has 9 nitrogen and oxygen atoms in total. The number of sulfone groups is 1. The third kappa shape index (κ3) is 8.10. The number of carbonyl (C=O) groups is 1. The SMILES string of the molecule is CN1CCN(Cc2ccnc(CC=C(O)CNC(=O)CS(=O)(=O)Cc3ccoc3)c2)CC1. The van der Waals surface area contributed by atoms with Gasteiger partial charge in [0.1, 0.15) is 11.5 Å². The molecule has 174 valence electrons. The zero-order valence-electron chi connectivity index (χ0n) is 18.2. The fourth-order valence-corrected chi connectivity index (χ4v) is 4.69. The van der Waals surface area contributed by atoms with Crippen molar-refractivity contribution in [1.82, 2.24) is 20.1 Å². The van der Waals surface area contributed by atoms with Crippen LogP contribution >= 0.6 is 0 Å². The molecule has 1 aliphatic heterocycles. The van der Waals surface area contributed by atoms with Crippen LogP contribution in [0.25, 0.3) is 0 Å². The highest BCUT2D eigenvalue weighted by molar-refractivity contribution is 7.91. The molecule has 32 heavy (non-hydrogen) atoms. The van der Waals surface area contributed by atoms with Crippen LogP contribution in [0.1, 0.15) is 16.8 Å². The molecule has 0 bridgehead atoms. The summed E-state index contributed by atoms with van der Waals surface area (Å²) in [5.74, 6) is -1.63. The lowest BCUT2D eigenvalue weighted by Gasteiger charge is -2.32. The maximum atomic E-state index is 12.1. The zero-order valence-corrected chi connectivity index (χ0v) is 19.1. The predicted octanol–water partition coefficient (Wildman–Crippen LogP) is 1.14. The minimum Gasteiger partial charge on any atom is -0.511 e. The first-order chi connectivity index (χ1) is 15.3. The summed E-state index contributed by atoms with van der Waals surface area (Å²) in [5, 5.41) is 12.5.